The van der Waals surface area contributed by atoms with Crippen LogP contribution in [0.15, 0.2) is 72.9 Å². The molecule has 0 heterocycles. The first kappa shape index (κ1) is 50.5. The number of nitrogens with zero attached hydrogens (tertiary/aromatic N) is 1. The van der Waals surface area contributed by atoms with Crippen LogP contribution in [-0.2, 0) is 32.7 Å². The van der Waals surface area contributed by atoms with Crippen molar-refractivity contribution in [1.82, 2.24) is 0 Å². The van der Waals surface area contributed by atoms with Gasteiger partial charge in [0, 0.05) is 12.8 Å². The molecule has 0 spiro atoms. The number of carbonyl (C=O) groups is 2. The van der Waals surface area contributed by atoms with E-state index in [1.54, 1.807) is 0 Å². The van der Waals surface area contributed by atoms with Gasteiger partial charge in [0.2, 0.25) is 0 Å². The van der Waals surface area contributed by atoms with Crippen LogP contribution in [-0.4, -0.2) is 74.9 Å². The molecular formula is C43H75NO8P+. The van der Waals surface area contributed by atoms with Crippen LogP contribution < -0.4 is 0 Å². The SMILES string of the molecule is CC/C=C/C=C/C=C/C=C/CCCCCCCC(=O)OC[C@H](COP(=O)(O)OCC[N+](C)(C)C)OC(=O)CCCCCCC/C=C/C/C=C/CCCC. The molecule has 0 aromatic rings. The Bertz CT molecular complexity index is 1140. The maximum atomic E-state index is 12.6. The summed E-state index contributed by atoms with van der Waals surface area (Å²) in [5, 5.41) is 0. The molecule has 0 aliphatic heterocycles. The average molecular weight is 765 g/mol. The van der Waals surface area contributed by atoms with Gasteiger partial charge in [0.25, 0.3) is 0 Å². The van der Waals surface area contributed by atoms with Crippen LogP contribution in [0.4, 0.5) is 0 Å². The van der Waals surface area contributed by atoms with Crippen LogP contribution >= 0.6 is 7.82 Å². The van der Waals surface area contributed by atoms with E-state index in [1.807, 2.05) is 51.5 Å². The summed E-state index contributed by atoms with van der Waals surface area (Å²) in [6.45, 7) is 4.17. The highest BCUT2D eigenvalue weighted by Gasteiger charge is 2.27. The van der Waals surface area contributed by atoms with Gasteiger partial charge in [-0.1, -0.05) is 138 Å². The zero-order valence-corrected chi connectivity index (χ0v) is 34.9. The number of likely N-dealkylation sites (N-methyl/N-ethyl adjacent to an activating group) is 1. The van der Waals surface area contributed by atoms with Gasteiger partial charge in [-0.05, 0) is 57.8 Å². The minimum absolute atomic E-state index is 0.0206. The molecule has 1 unspecified atom stereocenters. The lowest BCUT2D eigenvalue weighted by Crippen LogP contribution is -2.37. The number of allylic oxidation sites excluding steroid dienone is 12. The van der Waals surface area contributed by atoms with E-state index in [-0.39, 0.29) is 26.1 Å². The van der Waals surface area contributed by atoms with Crippen LogP contribution in [0, 0.1) is 0 Å². The molecule has 0 saturated heterocycles. The highest BCUT2D eigenvalue weighted by atomic mass is 31.2. The highest BCUT2D eigenvalue weighted by molar-refractivity contribution is 7.47. The number of ether oxygens (including phenoxy) is 2. The van der Waals surface area contributed by atoms with Gasteiger partial charge in [-0.25, -0.2) is 4.57 Å². The van der Waals surface area contributed by atoms with Gasteiger partial charge < -0.3 is 18.9 Å². The molecule has 0 aromatic heterocycles. The molecule has 10 heteroatoms. The summed E-state index contributed by atoms with van der Waals surface area (Å²) in [4.78, 5) is 35.3. The van der Waals surface area contributed by atoms with Crippen LogP contribution in [0.2, 0.25) is 0 Å². The Hall–Kier alpha value is -2.55. The first-order valence-corrected chi connectivity index (χ1v) is 21.7. The third-order valence-corrected chi connectivity index (χ3v) is 9.05. The molecule has 0 aliphatic carbocycles. The molecule has 0 aliphatic rings. The highest BCUT2D eigenvalue weighted by Crippen LogP contribution is 2.43. The van der Waals surface area contributed by atoms with Crippen LogP contribution in [0.3, 0.4) is 0 Å². The molecule has 0 aromatic carbocycles. The minimum atomic E-state index is -4.38. The Labute approximate surface area is 323 Å². The topological polar surface area (TPSA) is 108 Å². The molecule has 0 saturated carbocycles. The molecule has 0 bridgehead atoms. The summed E-state index contributed by atoms with van der Waals surface area (Å²) in [6.07, 6.45) is 42.3. The summed E-state index contributed by atoms with van der Waals surface area (Å²) in [5.41, 5.74) is 0. The summed E-state index contributed by atoms with van der Waals surface area (Å²) in [5.74, 6) is -0.851. The number of hydrogen-bond acceptors (Lipinski definition) is 7. The number of rotatable bonds is 35. The molecule has 304 valence electrons. The van der Waals surface area contributed by atoms with E-state index >= 15 is 0 Å². The summed E-state index contributed by atoms with van der Waals surface area (Å²) < 4.78 is 34.2. The van der Waals surface area contributed by atoms with Gasteiger partial charge in [-0.2, -0.15) is 0 Å². The average Bonchev–Trinajstić information content (AvgIpc) is 3.10. The Morgan fingerprint density at radius 2 is 1.15 bits per heavy atom. The Kier molecular flexibility index (Phi) is 33.5. The second kappa shape index (κ2) is 35.2. The zero-order valence-electron chi connectivity index (χ0n) is 34.0. The van der Waals surface area contributed by atoms with Crippen molar-refractivity contribution >= 4 is 19.8 Å². The van der Waals surface area contributed by atoms with Gasteiger partial charge in [0.05, 0.1) is 27.7 Å². The number of phosphoric acid groups is 1. The number of phosphoric ester groups is 1. The lowest BCUT2D eigenvalue weighted by Gasteiger charge is -2.24. The van der Waals surface area contributed by atoms with Crippen molar-refractivity contribution in [1.29, 1.82) is 0 Å². The number of carbonyl (C=O) groups excluding carboxylic acids is 2. The quantitative estimate of drug-likeness (QED) is 0.0170. The van der Waals surface area contributed by atoms with E-state index in [1.165, 1.54) is 12.8 Å². The fraction of sp³-hybridized carbons (Fsp3) is 0.674. The maximum Gasteiger partial charge on any atom is 0.472 e. The Morgan fingerprint density at radius 3 is 1.75 bits per heavy atom. The normalized spacial score (nSPS) is 14.5. The predicted molar refractivity (Wildman–Crippen MR) is 219 cm³/mol. The van der Waals surface area contributed by atoms with Gasteiger partial charge in [0.15, 0.2) is 6.10 Å². The van der Waals surface area contributed by atoms with E-state index in [2.05, 4.69) is 56.4 Å². The molecule has 1 N–H and O–H groups in total. The summed E-state index contributed by atoms with van der Waals surface area (Å²) >= 11 is 0. The molecule has 9 nitrogen and oxygen atoms in total. The van der Waals surface area contributed by atoms with Crippen molar-refractivity contribution in [3.63, 3.8) is 0 Å². The smallest absolute Gasteiger partial charge is 0.462 e. The second-order valence-electron chi connectivity index (χ2n) is 14.4. The molecule has 53 heavy (non-hydrogen) atoms. The van der Waals surface area contributed by atoms with Crippen LogP contribution in [0.1, 0.15) is 136 Å². The molecular weight excluding hydrogens is 689 g/mol. The lowest BCUT2D eigenvalue weighted by molar-refractivity contribution is -0.870. The van der Waals surface area contributed by atoms with E-state index in [4.69, 9.17) is 18.5 Å². The summed E-state index contributed by atoms with van der Waals surface area (Å²) in [7, 11) is 1.44. The number of unbranched alkanes of at least 4 members (excludes halogenated alkanes) is 12. The fourth-order valence-electron chi connectivity index (χ4n) is 4.86. The summed E-state index contributed by atoms with van der Waals surface area (Å²) in [6, 6.07) is 0. The molecule has 0 rings (SSSR count). The number of hydrogen-bond donors (Lipinski definition) is 1. The van der Waals surface area contributed by atoms with Gasteiger partial charge in [0.1, 0.15) is 19.8 Å². The van der Waals surface area contributed by atoms with Crippen LogP contribution in [0.5, 0.6) is 0 Å². The lowest BCUT2D eigenvalue weighted by atomic mass is 10.1. The maximum absolute atomic E-state index is 12.6. The minimum Gasteiger partial charge on any atom is -0.462 e. The second-order valence-corrected chi connectivity index (χ2v) is 15.8. The van der Waals surface area contributed by atoms with Gasteiger partial charge in [-0.15, -0.1) is 0 Å². The fourth-order valence-corrected chi connectivity index (χ4v) is 5.60. The van der Waals surface area contributed by atoms with Crippen molar-refractivity contribution in [3.05, 3.63) is 72.9 Å². The molecule has 0 amide bonds. The third-order valence-electron chi connectivity index (χ3n) is 8.07. The Balaban J connectivity index is 4.49. The number of quaternary nitrogens is 1. The monoisotopic (exact) mass is 765 g/mol. The van der Waals surface area contributed by atoms with E-state index < -0.39 is 32.5 Å². The van der Waals surface area contributed by atoms with Crippen molar-refractivity contribution in [3.8, 4) is 0 Å². The standard InChI is InChI=1S/C43H74NO8P/c1-6-8-10-12-14-16-18-20-22-24-25-27-29-31-33-35-42(45)49-39-41(40-51-53(47,48)50-38-37-44(3,4)5)52-43(46)36-34-32-30-28-26-23-21-19-17-15-13-11-9-7-2/h8,10,12-16,18-22,41H,6-7,9,11,17,23-40H2,1-5H3/p+1/b10-8+,14-12+,15-13+,18-16+,21-19+,22-20+/t41-/m1/s1. The van der Waals surface area contributed by atoms with E-state index in [0.29, 0.717) is 23.9 Å². The molecule has 2 atom stereocenters. The third kappa shape index (κ3) is 39.0. The largest absolute Gasteiger partial charge is 0.472 e. The van der Waals surface area contributed by atoms with Gasteiger partial charge >= 0.3 is 19.8 Å². The first-order valence-electron chi connectivity index (χ1n) is 20.2. The van der Waals surface area contributed by atoms with Crippen molar-refractivity contribution in [2.75, 3.05) is 47.5 Å². The zero-order chi connectivity index (χ0) is 39.3. The number of esters is 2. The van der Waals surface area contributed by atoms with Crippen molar-refractivity contribution in [2.24, 2.45) is 0 Å². The molecule has 0 fully saturated rings. The van der Waals surface area contributed by atoms with Crippen molar-refractivity contribution < 1.29 is 42.1 Å². The van der Waals surface area contributed by atoms with Crippen LogP contribution in [0.25, 0.3) is 0 Å². The molecule has 0 radical (unpaired) electrons. The van der Waals surface area contributed by atoms with E-state index in [9.17, 15) is 19.0 Å². The van der Waals surface area contributed by atoms with Crippen molar-refractivity contribution in [2.45, 2.75) is 142 Å². The van der Waals surface area contributed by atoms with E-state index in [0.717, 1.165) is 83.5 Å². The van der Waals surface area contributed by atoms with Gasteiger partial charge in [-0.3, -0.25) is 18.6 Å². The first-order chi connectivity index (χ1) is 25.5. The predicted octanol–water partition coefficient (Wildman–Crippen LogP) is 11.1. The Morgan fingerprint density at radius 1 is 0.623 bits per heavy atom.